The molecule has 0 radical (unpaired) electrons. The van der Waals surface area contributed by atoms with E-state index in [1.165, 1.54) is 30.7 Å². The summed E-state index contributed by atoms with van der Waals surface area (Å²) in [5.41, 5.74) is 1.89. The van der Waals surface area contributed by atoms with E-state index in [0.29, 0.717) is 11.1 Å². The number of rotatable bonds is 5. The van der Waals surface area contributed by atoms with E-state index in [-0.39, 0.29) is 33.7 Å². The standard InChI is InChI=1S/C23H19F2N2O4S/c1-12-5-4-8-26-16(12)10-17(27(26)30)18(28)9-14-11-32-22(19(14)23(29)31-3)15-7-6-13(2)20(24)21(15)25/h4-8,10-11,30H,9H2,1-3H3/q+1. The van der Waals surface area contributed by atoms with Crippen molar-refractivity contribution in [3.8, 4) is 10.4 Å². The van der Waals surface area contributed by atoms with Gasteiger partial charge in [-0.3, -0.25) is 4.79 Å². The number of aryl methyl sites for hydroxylation is 2. The molecule has 0 aliphatic carbocycles. The number of fused-ring (bicyclic) bond motifs is 1. The molecule has 0 aliphatic heterocycles. The van der Waals surface area contributed by atoms with Crippen molar-refractivity contribution in [2.24, 2.45) is 0 Å². The highest BCUT2D eigenvalue weighted by Gasteiger charge is 2.28. The first-order chi connectivity index (χ1) is 15.2. The predicted molar refractivity (Wildman–Crippen MR) is 113 cm³/mol. The Bertz CT molecular complexity index is 1390. The topological polar surface area (TPSA) is 72.6 Å². The molecule has 9 heteroatoms. The van der Waals surface area contributed by atoms with Crippen LogP contribution in [0.4, 0.5) is 8.78 Å². The number of halogens is 2. The first-order valence-electron chi connectivity index (χ1n) is 9.63. The maximum Gasteiger partial charge on any atom is 0.339 e. The van der Waals surface area contributed by atoms with Crippen LogP contribution in [0.3, 0.4) is 0 Å². The molecule has 4 rings (SSSR count). The quantitative estimate of drug-likeness (QED) is 0.210. The van der Waals surface area contributed by atoms with Crippen LogP contribution >= 0.6 is 11.3 Å². The summed E-state index contributed by atoms with van der Waals surface area (Å²) in [6, 6.07) is 7.95. The maximum absolute atomic E-state index is 14.6. The molecule has 0 aliphatic rings. The zero-order chi connectivity index (χ0) is 23.2. The van der Waals surface area contributed by atoms with Crippen molar-refractivity contribution in [2.75, 3.05) is 7.11 Å². The van der Waals surface area contributed by atoms with E-state index in [1.54, 1.807) is 23.7 Å². The molecule has 3 aromatic heterocycles. The molecule has 0 fully saturated rings. The Balaban J connectivity index is 1.78. The number of hydrogen-bond acceptors (Lipinski definition) is 5. The van der Waals surface area contributed by atoms with E-state index in [1.807, 2.05) is 13.0 Å². The highest BCUT2D eigenvalue weighted by atomic mass is 32.1. The smallest absolute Gasteiger partial charge is 0.339 e. The second-order valence-corrected chi connectivity index (χ2v) is 8.23. The lowest BCUT2D eigenvalue weighted by atomic mass is 10.00. The van der Waals surface area contributed by atoms with E-state index in [2.05, 4.69) is 0 Å². The molecule has 32 heavy (non-hydrogen) atoms. The lowest BCUT2D eigenvalue weighted by molar-refractivity contribution is -0.647. The Hall–Kier alpha value is -3.59. The average molecular weight is 457 g/mol. The van der Waals surface area contributed by atoms with E-state index in [9.17, 15) is 23.6 Å². The third-order valence-corrected chi connectivity index (χ3v) is 6.39. The molecule has 164 valence electrons. The lowest BCUT2D eigenvalue weighted by Crippen LogP contribution is -2.33. The summed E-state index contributed by atoms with van der Waals surface area (Å²) >= 11 is 1.02. The van der Waals surface area contributed by atoms with E-state index >= 15 is 0 Å². The lowest BCUT2D eigenvalue weighted by Gasteiger charge is -2.08. The number of esters is 1. The van der Waals surface area contributed by atoms with Gasteiger partial charge in [0.05, 0.1) is 23.6 Å². The Morgan fingerprint density at radius 1 is 1.16 bits per heavy atom. The van der Waals surface area contributed by atoms with Crippen LogP contribution in [0.5, 0.6) is 0 Å². The fourth-order valence-corrected chi connectivity index (χ4v) is 4.67. The first kappa shape index (κ1) is 21.6. The molecule has 4 aromatic rings. The van der Waals surface area contributed by atoms with Crippen LogP contribution in [-0.4, -0.2) is 28.9 Å². The fourth-order valence-electron chi connectivity index (χ4n) is 3.59. The minimum atomic E-state index is -1.07. The summed E-state index contributed by atoms with van der Waals surface area (Å²) < 4.78 is 35.0. The van der Waals surface area contributed by atoms with Crippen molar-refractivity contribution in [3.63, 3.8) is 0 Å². The van der Waals surface area contributed by atoms with Gasteiger partial charge in [0.2, 0.25) is 11.7 Å². The van der Waals surface area contributed by atoms with Crippen LogP contribution < -0.4 is 4.52 Å². The second-order valence-electron chi connectivity index (χ2n) is 7.35. The Morgan fingerprint density at radius 2 is 1.91 bits per heavy atom. The summed E-state index contributed by atoms with van der Waals surface area (Å²) in [6.07, 6.45) is 1.36. The molecule has 0 bridgehead atoms. The van der Waals surface area contributed by atoms with Crippen molar-refractivity contribution < 1.29 is 32.8 Å². The third-order valence-electron chi connectivity index (χ3n) is 5.33. The molecule has 0 unspecified atom stereocenters. The third kappa shape index (κ3) is 3.44. The fraction of sp³-hybridized carbons (Fsp3) is 0.174. The molecular weight excluding hydrogens is 438 g/mol. The number of ketones is 1. The van der Waals surface area contributed by atoms with Crippen LogP contribution in [-0.2, 0) is 11.2 Å². The number of carbonyl (C=O) groups excluding carboxylic acids is 2. The summed E-state index contributed by atoms with van der Waals surface area (Å²) in [5.74, 6) is -3.29. The van der Waals surface area contributed by atoms with Crippen molar-refractivity contribution in [3.05, 3.63) is 81.5 Å². The second kappa shape index (κ2) is 8.16. The molecule has 6 nitrogen and oxygen atoms in total. The molecule has 0 saturated carbocycles. The van der Waals surface area contributed by atoms with Crippen molar-refractivity contribution in [2.45, 2.75) is 20.3 Å². The van der Waals surface area contributed by atoms with E-state index < -0.39 is 23.4 Å². The summed E-state index contributed by atoms with van der Waals surface area (Å²) in [5, 5.41) is 12.0. The van der Waals surface area contributed by atoms with Gasteiger partial charge in [-0.05, 0) is 40.9 Å². The number of methoxy groups -OCH3 is 1. The van der Waals surface area contributed by atoms with Gasteiger partial charge in [-0.15, -0.1) is 11.3 Å². The van der Waals surface area contributed by atoms with Crippen molar-refractivity contribution in [1.82, 2.24) is 4.85 Å². The monoisotopic (exact) mass is 457 g/mol. The van der Waals surface area contributed by atoms with E-state index in [4.69, 9.17) is 4.74 Å². The van der Waals surface area contributed by atoms with Crippen LogP contribution in [0, 0.1) is 25.5 Å². The first-order valence-corrected chi connectivity index (χ1v) is 10.5. The SMILES string of the molecule is COC(=O)c1c(CC(=O)c2cc3c(C)ccc[n+]3n2O)csc1-c1ccc(C)c(F)c1F. The normalized spacial score (nSPS) is 11.2. The number of aromatic nitrogens is 2. The van der Waals surface area contributed by atoms with Gasteiger partial charge in [0, 0.05) is 28.5 Å². The van der Waals surface area contributed by atoms with Crippen LogP contribution in [0.15, 0.2) is 41.9 Å². The molecule has 0 saturated heterocycles. The molecular formula is C23H19F2N2O4S+. The number of carbonyl (C=O) groups is 2. The highest BCUT2D eigenvalue weighted by molar-refractivity contribution is 7.14. The van der Waals surface area contributed by atoms with Gasteiger partial charge in [-0.2, -0.15) is 0 Å². The minimum Gasteiger partial charge on any atom is -0.465 e. The van der Waals surface area contributed by atoms with Gasteiger partial charge in [-0.1, -0.05) is 12.1 Å². The van der Waals surface area contributed by atoms with Gasteiger partial charge in [-0.25, -0.2) is 13.6 Å². The molecule has 0 spiro atoms. The number of pyridine rings is 1. The largest absolute Gasteiger partial charge is 0.465 e. The summed E-state index contributed by atoms with van der Waals surface area (Å²) in [7, 11) is 1.17. The van der Waals surface area contributed by atoms with Crippen LogP contribution in [0.25, 0.3) is 16.0 Å². The number of thiophene rings is 1. The number of nitrogens with zero attached hydrogens (tertiary/aromatic N) is 2. The Morgan fingerprint density at radius 3 is 2.59 bits per heavy atom. The maximum atomic E-state index is 14.6. The zero-order valence-corrected chi connectivity index (χ0v) is 18.3. The van der Waals surface area contributed by atoms with Gasteiger partial charge >= 0.3 is 5.97 Å². The van der Waals surface area contributed by atoms with Gasteiger partial charge in [0.1, 0.15) is 0 Å². The molecule has 0 amide bonds. The zero-order valence-electron chi connectivity index (χ0n) is 17.5. The minimum absolute atomic E-state index is 0.00237. The van der Waals surface area contributed by atoms with Crippen LogP contribution in [0.2, 0.25) is 0 Å². The number of hydrogen-bond donors (Lipinski definition) is 1. The van der Waals surface area contributed by atoms with Gasteiger partial charge in [0.15, 0.2) is 23.1 Å². The van der Waals surface area contributed by atoms with Crippen LogP contribution in [0.1, 0.15) is 37.5 Å². The van der Waals surface area contributed by atoms with Gasteiger partial charge in [0.25, 0.3) is 0 Å². The highest BCUT2D eigenvalue weighted by Crippen LogP contribution is 2.37. The molecule has 0 atom stereocenters. The number of ether oxygens (including phenoxy) is 1. The van der Waals surface area contributed by atoms with Crippen molar-refractivity contribution >= 4 is 28.6 Å². The Kier molecular flexibility index (Phi) is 5.52. The van der Waals surface area contributed by atoms with E-state index in [0.717, 1.165) is 21.7 Å². The molecule has 3 heterocycles. The number of Topliss-reactive ketones (excluding diaryl/α,β-unsaturated/α-hetero) is 1. The summed E-state index contributed by atoms with van der Waals surface area (Å²) in [6.45, 7) is 3.29. The number of benzene rings is 1. The van der Waals surface area contributed by atoms with Gasteiger partial charge < -0.3 is 9.94 Å². The average Bonchev–Trinajstić information content (AvgIpc) is 3.34. The molecule has 1 aromatic carbocycles. The predicted octanol–water partition coefficient (Wildman–Crippen LogP) is 4.30. The summed E-state index contributed by atoms with van der Waals surface area (Å²) in [4.78, 5) is 26.4. The molecule has 1 N–H and O–H groups in total. The van der Waals surface area contributed by atoms with Crippen molar-refractivity contribution in [1.29, 1.82) is 0 Å². The Labute approximate surface area is 185 Å².